The zero-order chi connectivity index (χ0) is 29.7. The number of phenolic OH excluding ortho intramolecular Hbond substituents is 1. The van der Waals surface area contributed by atoms with Crippen molar-refractivity contribution < 1.29 is 5.11 Å². The van der Waals surface area contributed by atoms with Crippen molar-refractivity contribution in [2.75, 3.05) is 0 Å². The Kier molecular flexibility index (Phi) is 5.01. The van der Waals surface area contributed by atoms with E-state index >= 15 is 0 Å². The van der Waals surface area contributed by atoms with Gasteiger partial charge in [-0.15, -0.1) is 11.3 Å². The molecule has 1 nitrogen and oxygen atoms in total. The number of hydrogen-bond acceptors (Lipinski definition) is 2. The summed E-state index contributed by atoms with van der Waals surface area (Å²) in [5.74, 6) is 0.282. The number of fused-ring (bicyclic) bond motifs is 13. The number of benzene rings is 7. The van der Waals surface area contributed by atoms with Gasteiger partial charge in [-0.2, -0.15) is 0 Å². The average Bonchev–Trinajstić information content (AvgIpc) is 3.70. The van der Waals surface area contributed by atoms with Gasteiger partial charge in [-0.05, 0) is 109 Å². The van der Waals surface area contributed by atoms with Gasteiger partial charge in [0.1, 0.15) is 5.75 Å². The van der Waals surface area contributed by atoms with E-state index < -0.39 is 0 Å². The maximum Gasteiger partial charge on any atom is 0.116 e. The summed E-state index contributed by atoms with van der Waals surface area (Å²) in [5, 5.41) is 12.7. The van der Waals surface area contributed by atoms with Gasteiger partial charge in [-0.1, -0.05) is 109 Å². The quantitative estimate of drug-likeness (QED) is 0.212. The first kappa shape index (κ1) is 24.9. The van der Waals surface area contributed by atoms with Crippen LogP contribution < -0.4 is 0 Å². The Labute approximate surface area is 265 Å². The zero-order valence-corrected chi connectivity index (χ0v) is 25.1. The molecule has 7 aromatic carbocycles. The maximum absolute atomic E-state index is 10.0. The monoisotopic (exact) mass is 590 g/mol. The molecular weight excluding hydrogens is 565 g/mol. The topological polar surface area (TPSA) is 20.2 Å². The van der Waals surface area contributed by atoms with Gasteiger partial charge in [0.2, 0.25) is 0 Å². The minimum absolute atomic E-state index is 0.282. The summed E-state index contributed by atoms with van der Waals surface area (Å²) in [5.41, 5.74) is 15.0. The van der Waals surface area contributed by atoms with E-state index in [-0.39, 0.29) is 11.2 Å². The second-order valence-electron chi connectivity index (χ2n) is 12.2. The van der Waals surface area contributed by atoms with Gasteiger partial charge in [-0.25, -0.2) is 0 Å². The minimum atomic E-state index is -0.319. The highest BCUT2D eigenvalue weighted by Gasteiger charge is 2.51. The lowest BCUT2D eigenvalue weighted by molar-refractivity contribution is 0.475. The molecule has 8 aromatic rings. The largest absolute Gasteiger partial charge is 0.508 e. The van der Waals surface area contributed by atoms with Crippen LogP contribution in [0.4, 0.5) is 0 Å². The summed E-state index contributed by atoms with van der Waals surface area (Å²) in [6.07, 6.45) is 0. The van der Waals surface area contributed by atoms with Crippen molar-refractivity contribution in [3.8, 4) is 50.3 Å². The summed E-state index contributed by atoms with van der Waals surface area (Å²) in [6.45, 7) is 0. The van der Waals surface area contributed by atoms with Crippen molar-refractivity contribution >= 4 is 31.5 Å². The molecule has 0 atom stereocenters. The number of thiophene rings is 1. The Balaban J connectivity index is 1.20. The lowest BCUT2D eigenvalue weighted by atomic mass is 9.70. The molecule has 0 radical (unpaired) electrons. The Morgan fingerprint density at radius 1 is 0.378 bits per heavy atom. The first-order chi connectivity index (χ1) is 22.2. The van der Waals surface area contributed by atoms with Crippen LogP contribution in [0.5, 0.6) is 5.75 Å². The van der Waals surface area contributed by atoms with Crippen LogP contribution in [0, 0.1) is 0 Å². The van der Waals surface area contributed by atoms with Crippen LogP contribution in [0.25, 0.3) is 64.7 Å². The van der Waals surface area contributed by atoms with Crippen molar-refractivity contribution in [1.29, 1.82) is 0 Å². The number of phenols is 1. The third-order valence-corrected chi connectivity index (χ3v) is 11.1. The smallest absolute Gasteiger partial charge is 0.116 e. The zero-order valence-electron chi connectivity index (χ0n) is 24.3. The summed E-state index contributed by atoms with van der Waals surface area (Å²) < 4.78 is 2.62. The predicted octanol–water partition coefficient (Wildman–Crippen LogP) is 11.4. The van der Waals surface area contributed by atoms with Crippen molar-refractivity contribution in [3.63, 3.8) is 0 Å². The van der Waals surface area contributed by atoms with Crippen LogP contribution >= 0.6 is 11.3 Å². The van der Waals surface area contributed by atoms with Crippen LogP contribution in [0.1, 0.15) is 22.3 Å². The Morgan fingerprint density at radius 3 is 1.56 bits per heavy atom. The third kappa shape index (κ3) is 3.32. The van der Waals surface area contributed by atoms with Gasteiger partial charge in [0.25, 0.3) is 0 Å². The molecule has 2 aliphatic carbocycles. The molecule has 0 saturated carbocycles. The fraction of sp³-hybridized carbons (Fsp3) is 0.0233. The molecule has 2 aliphatic rings. The number of rotatable bonds is 2. The van der Waals surface area contributed by atoms with Crippen molar-refractivity contribution in [2.45, 2.75) is 5.41 Å². The minimum Gasteiger partial charge on any atom is -0.508 e. The van der Waals surface area contributed by atoms with E-state index in [1.807, 2.05) is 29.5 Å². The van der Waals surface area contributed by atoms with E-state index in [1.54, 1.807) is 6.07 Å². The van der Waals surface area contributed by atoms with E-state index in [0.717, 1.165) is 11.1 Å². The second-order valence-corrected chi connectivity index (χ2v) is 13.3. The molecule has 1 aromatic heterocycles. The predicted molar refractivity (Wildman–Crippen MR) is 188 cm³/mol. The molecule has 2 heteroatoms. The summed E-state index contributed by atoms with van der Waals surface area (Å²) in [7, 11) is 0. The van der Waals surface area contributed by atoms with Crippen LogP contribution in [0.15, 0.2) is 152 Å². The Bertz CT molecular complexity index is 2470. The highest BCUT2D eigenvalue weighted by atomic mass is 32.1. The van der Waals surface area contributed by atoms with Gasteiger partial charge in [0.15, 0.2) is 0 Å². The molecular formula is C43H26OS. The van der Waals surface area contributed by atoms with Gasteiger partial charge in [0, 0.05) is 20.2 Å². The summed E-state index contributed by atoms with van der Waals surface area (Å²) in [6, 6.07) is 54.9. The van der Waals surface area contributed by atoms with Gasteiger partial charge in [-0.3, -0.25) is 0 Å². The first-order valence-corrected chi connectivity index (χ1v) is 16.2. The normalized spacial score (nSPS) is 13.6. The van der Waals surface area contributed by atoms with E-state index in [9.17, 15) is 5.11 Å². The summed E-state index contributed by atoms with van der Waals surface area (Å²) >= 11 is 1.89. The second kappa shape index (κ2) is 9.04. The number of hydrogen-bond donors (Lipinski definition) is 1. The fourth-order valence-corrected chi connectivity index (χ4v) is 9.21. The summed E-state index contributed by atoms with van der Waals surface area (Å²) in [4.78, 5) is 0. The molecule has 0 amide bonds. The molecule has 1 heterocycles. The molecule has 210 valence electrons. The standard InChI is InChI=1S/C43H26OS/c44-30-12-8-11-28(22-30)26-9-7-10-27(21-26)29-19-20-41-35(23-29)36-24-34-33-15-3-6-18-39(33)43(40(34)25-42(36)45-41)37-16-4-1-13-31(37)32-14-2-5-17-38(32)43/h1-25,44H. The van der Waals surface area contributed by atoms with Crippen LogP contribution in [-0.2, 0) is 5.41 Å². The third-order valence-electron chi connectivity index (χ3n) is 9.96. The molecule has 0 saturated heterocycles. The lowest BCUT2D eigenvalue weighted by Crippen LogP contribution is -2.25. The molecule has 0 bridgehead atoms. The van der Waals surface area contributed by atoms with E-state index in [0.29, 0.717) is 0 Å². The Hall–Kier alpha value is -5.44. The molecule has 10 rings (SSSR count). The van der Waals surface area contributed by atoms with Gasteiger partial charge < -0.3 is 5.11 Å². The molecule has 0 aliphatic heterocycles. The van der Waals surface area contributed by atoms with E-state index in [2.05, 4.69) is 127 Å². The highest BCUT2D eigenvalue weighted by molar-refractivity contribution is 7.25. The van der Waals surface area contributed by atoms with Crippen molar-refractivity contribution in [2.24, 2.45) is 0 Å². The van der Waals surface area contributed by atoms with Gasteiger partial charge >= 0.3 is 0 Å². The molecule has 1 spiro atoms. The Morgan fingerprint density at radius 2 is 0.911 bits per heavy atom. The van der Waals surface area contributed by atoms with Crippen molar-refractivity contribution in [3.05, 3.63) is 174 Å². The van der Waals surface area contributed by atoms with Gasteiger partial charge in [0.05, 0.1) is 5.41 Å². The molecule has 45 heavy (non-hydrogen) atoms. The molecule has 0 unspecified atom stereocenters. The van der Waals surface area contributed by atoms with Crippen molar-refractivity contribution in [1.82, 2.24) is 0 Å². The maximum atomic E-state index is 10.0. The van der Waals surface area contributed by atoms with Crippen LogP contribution in [0.2, 0.25) is 0 Å². The average molecular weight is 591 g/mol. The fourth-order valence-electron chi connectivity index (χ4n) is 8.10. The molecule has 1 N–H and O–H groups in total. The number of aromatic hydroxyl groups is 1. The van der Waals surface area contributed by atoms with Crippen LogP contribution in [-0.4, -0.2) is 5.11 Å². The van der Waals surface area contributed by atoms with E-state index in [4.69, 9.17) is 0 Å². The first-order valence-electron chi connectivity index (χ1n) is 15.4. The molecule has 0 fully saturated rings. The SMILES string of the molecule is Oc1cccc(-c2cccc(-c3ccc4sc5cc6c(cc5c4c3)-c3ccccc3C63c4ccccc4-c4ccccc43)c2)c1. The van der Waals surface area contributed by atoms with E-state index in [1.165, 1.54) is 75.8 Å². The lowest BCUT2D eigenvalue weighted by Gasteiger charge is -2.30. The van der Waals surface area contributed by atoms with Crippen LogP contribution in [0.3, 0.4) is 0 Å². The highest BCUT2D eigenvalue weighted by Crippen LogP contribution is 2.63.